The van der Waals surface area contributed by atoms with E-state index in [-0.39, 0.29) is 6.10 Å². The SMILES string of the molecule is CNc1nc(OCCOC(C)C)nc(N2CCOCC2)n1. The topological polar surface area (TPSA) is 81.6 Å². The highest BCUT2D eigenvalue weighted by molar-refractivity contribution is 5.38. The molecule has 1 aliphatic rings. The average Bonchev–Trinajstić information content (AvgIpc) is 2.52. The maximum atomic E-state index is 5.55. The molecule has 0 unspecified atom stereocenters. The van der Waals surface area contributed by atoms with Crippen molar-refractivity contribution in [2.24, 2.45) is 0 Å². The highest BCUT2D eigenvalue weighted by atomic mass is 16.5. The van der Waals surface area contributed by atoms with Crippen molar-refractivity contribution in [3.63, 3.8) is 0 Å². The van der Waals surface area contributed by atoms with Gasteiger partial charge in [-0.15, -0.1) is 0 Å². The van der Waals surface area contributed by atoms with E-state index in [1.807, 2.05) is 13.8 Å². The maximum absolute atomic E-state index is 5.55. The summed E-state index contributed by atoms with van der Waals surface area (Å²) in [6.07, 6.45) is 0.184. The Bertz CT molecular complexity index is 438. The van der Waals surface area contributed by atoms with E-state index in [2.05, 4.69) is 25.2 Å². The molecule has 1 aliphatic heterocycles. The molecule has 1 aromatic heterocycles. The molecule has 1 aromatic rings. The molecule has 1 fully saturated rings. The Balaban J connectivity index is 1.99. The molecule has 0 bridgehead atoms. The number of hydrogen-bond donors (Lipinski definition) is 1. The van der Waals surface area contributed by atoms with Crippen molar-refractivity contribution < 1.29 is 14.2 Å². The van der Waals surface area contributed by atoms with E-state index < -0.39 is 0 Å². The number of rotatable bonds is 7. The van der Waals surface area contributed by atoms with E-state index in [1.54, 1.807) is 7.05 Å². The quantitative estimate of drug-likeness (QED) is 0.731. The van der Waals surface area contributed by atoms with Crippen molar-refractivity contribution in [1.29, 1.82) is 0 Å². The largest absolute Gasteiger partial charge is 0.461 e. The van der Waals surface area contributed by atoms with Crippen molar-refractivity contribution >= 4 is 11.9 Å². The van der Waals surface area contributed by atoms with E-state index in [9.17, 15) is 0 Å². The molecule has 8 heteroatoms. The van der Waals surface area contributed by atoms with Crippen molar-refractivity contribution in [1.82, 2.24) is 15.0 Å². The van der Waals surface area contributed by atoms with Gasteiger partial charge in [0.25, 0.3) is 0 Å². The van der Waals surface area contributed by atoms with Gasteiger partial charge in [0.15, 0.2) is 0 Å². The number of morpholine rings is 1. The van der Waals surface area contributed by atoms with Crippen LogP contribution in [0.1, 0.15) is 13.8 Å². The minimum atomic E-state index is 0.184. The summed E-state index contributed by atoms with van der Waals surface area (Å²) in [7, 11) is 1.77. The van der Waals surface area contributed by atoms with Crippen molar-refractivity contribution in [3.05, 3.63) is 0 Å². The summed E-state index contributed by atoms with van der Waals surface area (Å²) in [5, 5.41) is 2.92. The molecule has 1 N–H and O–H groups in total. The zero-order valence-electron chi connectivity index (χ0n) is 12.8. The Kier molecular flexibility index (Phi) is 5.94. The summed E-state index contributed by atoms with van der Waals surface area (Å²) in [6, 6.07) is 0.309. The molecule has 0 atom stereocenters. The molecule has 0 aromatic carbocycles. The molecule has 0 aliphatic carbocycles. The van der Waals surface area contributed by atoms with Crippen LogP contribution in [-0.2, 0) is 9.47 Å². The van der Waals surface area contributed by atoms with Gasteiger partial charge in [0.05, 0.1) is 25.9 Å². The number of hydrogen-bond acceptors (Lipinski definition) is 8. The average molecular weight is 297 g/mol. The van der Waals surface area contributed by atoms with E-state index in [0.717, 1.165) is 13.1 Å². The lowest BCUT2D eigenvalue weighted by Gasteiger charge is -2.26. The van der Waals surface area contributed by atoms with Crippen molar-refractivity contribution in [2.75, 3.05) is 56.8 Å². The standard InChI is InChI=1S/C13H23N5O3/c1-10(2)20-8-9-21-13-16-11(14-3)15-12(17-13)18-4-6-19-7-5-18/h10H,4-9H2,1-3H3,(H,14,15,16,17). The molecule has 8 nitrogen and oxygen atoms in total. The lowest BCUT2D eigenvalue weighted by atomic mass is 10.4. The lowest BCUT2D eigenvalue weighted by Crippen LogP contribution is -2.37. The second kappa shape index (κ2) is 7.94. The molecule has 0 saturated carbocycles. The third-order valence-corrected chi connectivity index (χ3v) is 2.89. The summed E-state index contributed by atoms with van der Waals surface area (Å²) < 4.78 is 16.3. The monoisotopic (exact) mass is 297 g/mol. The molecular weight excluding hydrogens is 274 g/mol. The van der Waals surface area contributed by atoms with E-state index in [1.165, 1.54) is 0 Å². The predicted octanol–water partition coefficient (Wildman–Crippen LogP) is 0.554. The number of nitrogens with zero attached hydrogens (tertiary/aromatic N) is 4. The number of anilines is 2. The Hall–Kier alpha value is -1.67. The first-order chi connectivity index (χ1) is 10.2. The first-order valence-electron chi connectivity index (χ1n) is 7.20. The Morgan fingerprint density at radius 1 is 1.19 bits per heavy atom. The zero-order valence-corrected chi connectivity index (χ0v) is 12.8. The fraction of sp³-hybridized carbons (Fsp3) is 0.769. The molecule has 118 valence electrons. The van der Waals surface area contributed by atoms with Crippen LogP contribution in [0.3, 0.4) is 0 Å². The van der Waals surface area contributed by atoms with Crippen LogP contribution < -0.4 is 15.0 Å². The molecular formula is C13H23N5O3. The summed E-state index contributed by atoms with van der Waals surface area (Å²) in [6.45, 7) is 7.78. The fourth-order valence-corrected chi connectivity index (χ4v) is 1.84. The van der Waals surface area contributed by atoms with Gasteiger partial charge in [0.2, 0.25) is 11.9 Å². The van der Waals surface area contributed by atoms with Gasteiger partial charge in [-0.1, -0.05) is 0 Å². The summed E-state index contributed by atoms with van der Waals surface area (Å²) >= 11 is 0. The third-order valence-electron chi connectivity index (χ3n) is 2.89. The lowest BCUT2D eigenvalue weighted by molar-refractivity contribution is 0.0531. The predicted molar refractivity (Wildman–Crippen MR) is 79.0 cm³/mol. The van der Waals surface area contributed by atoms with E-state index in [0.29, 0.717) is 44.3 Å². The number of nitrogens with one attached hydrogen (secondary N) is 1. The molecule has 0 radical (unpaired) electrons. The van der Waals surface area contributed by atoms with Crippen LogP contribution in [0.5, 0.6) is 6.01 Å². The maximum Gasteiger partial charge on any atom is 0.323 e. The fourth-order valence-electron chi connectivity index (χ4n) is 1.84. The van der Waals surface area contributed by atoms with Crippen molar-refractivity contribution in [2.45, 2.75) is 20.0 Å². The highest BCUT2D eigenvalue weighted by Gasteiger charge is 2.16. The van der Waals surface area contributed by atoms with E-state index in [4.69, 9.17) is 14.2 Å². The van der Waals surface area contributed by atoms with Crippen LogP contribution in [0.4, 0.5) is 11.9 Å². The molecule has 0 amide bonds. The van der Waals surface area contributed by atoms with Crippen LogP contribution in [0.2, 0.25) is 0 Å². The first-order valence-corrected chi connectivity index (χ1v) is 7.20. The van der Waals surface area contributed by atoms with Gasteiger partial charge in [-0.3, -0.25) is 0 Å². The second-order valence-electron chi connectivity index (χ2n) is 4.86. The minimum absolute atomic E-state index is 0.184. The number of aromatic nitrogens is 3. The normalized spacial score (nSPS) is 15.3. The number of ether oxygens (including phenoxy) is 3. The van der Waals surface area contributed by atoms with Crippen LogP contribution >= 0.6 is 0 Å². The zero-order chi connectivity index (χ0) is 15.1. The summed E-state index contributed by atoms with van der Waals surface area (Å²) in [5.74, 6) is 1.10. The third kappa shape index (κ3) is 4.98. The van der Waals surface area contributed by atoms with Gasteiger partial charge >= 0.3 is 6.01 Å². The molecule has 1 saturated heterocycles. The van der Waals surface area contributed by atoms with Crippen LogP contribution in [0.25, 0.3) is 0 Å². The van der Waals surface area contributed by atoms with Gasteiger partial charge in [-0.05, 0) is 13.8 Å². The molecule has 2 heterocycles. The van der Waals surface area contributed by atoms with Gasteiger partial charge < -0.3 is 24.4 Å². The van der Waals surface area contributed by atoms with Gasteiger partial charge in [-0.2, -0.15) is 15.0 Å². The van der Waals surface area contributed by atoms with Crippen molar-refractivity contribution in [3.8, 4) is 6.01 Å². The minimum Gasteiger partial charge on any atom is -0.461 e. The van der Waals surface area contributed by atoms with Gasteiger partial charge in [0, 0.05) is 20.1 Å². The first kappa shape index (κ1) is 15.7. The van der Waals surface area contributed by atoms with Gasteiger partial charge in [0.1, 0.15) is 6.61 Å². The summed E-state index contributed by atoms with van der Waals surface area (Å²) in [5.41, 5.74) is 0. The Morgan fingerprint density at radius 3 is 2.62 bits per heavy atom. The second-order valence-corrected chi connectivity index (χ2v) is 4.86. The molecule has 21 heavy (non-hydrogen) atoms. The molecule has 2 rings (SSSR count). The van der Waals surface area contributed by atoms with Crippen LogP contribution in [-0.4, -0.2) is 67.6 Å². The Labute approximate surface area is 124 Å². The van der Waals surface area contributed by atoms with E-state index >= 15 is 0 Å². The smallest absolute Gasteiger partial charge is 0.323 e. The molecule has 0 spiro atoms. The van der Waals surface area contributed by atoms with Gasteiger partial charge in [-0.25, -0.2) is 0 Å². The summed E-state index contributed by atoms with van der Waals surface area (Å²) in [4.78, 5) is 15.0. The van der Waals surface area contributed by atoms with Crippen LogP contribution in [0.15, 0.2) is 0 Å². The Morgan fingerprint density at radius 2 is 1.95 bits per heavy atom. The van der Waals surface area contributed by atoms with Crippen LogP contribution in [0, 0.1) is 0 Å². The highest BCUT2D eigenvalue weighted by Crippen LogP contribution is 2.15.